The third-order valence-corrected chi connectivity index (χ3v) is 3.64. The summed E-state index contributed by atoms with van der Waals surface area (Å²) in [5.41, 5.74) is 1.30. The summed E-state index contributed by atoms with van der Waals surface area (Å²) in [6.45, 7) is 4.19. The number of thiocarbonyl (C=S) groups is 1. The van der Waals surface area contributed by atoms with E-state index in [1.807, 2.05) is 6.07 Å². The largest absolute Gasteiger partial charge is 0.468 e. The summed E-state index contributed by atoms with van der Waals surface area (Å²) in [6.07, 6.45) is 4.84. The van der Waals surface area contributed by atoms with Gasteiger partial charge in [0, 0.05) is 19.5 Å². The molecule has 1 aliphatic heterocycles. The number of ether oxygens (including phenoxy) is 1. The molecule has 2 nitrogen and oxygen atoms in total. The quantitative estimate of drug-likeness (QED) is 0.776. The van der Waals surface area contributed by atoms with E-state index in [1.165, 1.54) is 24.8 Å². The van der Waals surface area contributed by atoms with Crippen LogP contribution in [0.4, 0.5) is 0 Å². The van der Waals surface area contributed by atoms with Crippen LogP contribution in [0.15, 0.2) is 30.3 Å². The van der Waals surface area contributed by atoms with Crippen molar-refractivity contribution in [2.75, 3.05) is 13.1 Å². The van der Waals surface area contributed by atoms with Gasteiger partial charge in [0.05, 0.1) is 0 Å². The van der Waals surface area contributed by atoms with Crippen LogP contribution < -0.4 is 0 Å². The number of rotatable bonds is 3. The number of likely N-dealkylation sites (tertiary alicyclic amines) is 1. The van der Waals surface area contributed by atoms with Crippen LogP contribution in [0.5, 0.6) is 0 Å². The molecule has 1 atom stereocenters. The van der Waals surface area contributed by atoms with Crippen molar-refractivity contribution in [2.24, 2.45) is 0 Å². The van der Waals surface area contributed by atoms with Crippen LogP contribution >= 0.6 is 12.2 Å². The molecule has 2 rings (SSSR count). The SMILES string of the molecule is CC(Cc1ccccc1)OC(=S)N1CCCCC1. The second-order valence-electron chi connectivity index (χ2n) is 4.93. The molecule has 0 aromatic heterocycles. The van der Waals surface area contributed by atoms with Crippen molar-refractivity contribution in [2.45, 2.75) is 38.7 Å². The molecule has 0 aliphatic carbocycles. The Morgan fingerprint density at radius 1 is 1.22 bits per heavy atom. The zero-order valence-electron chi connectivity index (χ0n) is 11.0. The molecule has 1 aliphatic rings. The Balaban J connectivity index is 1.79. The lowest BCUT2D eigenvalue weighted by Gasteiger charge is -2.30. The summed E-state index contributed by atoms with van der Waals surface area (Å²) >= 11 is 5.37. The monoisotopic (exact) mass is 263 g/mol. The van der Waals surface area contributed by atoms with E-state index in [0.717, 1.165) is 19.5 Å². The highest BCUT2D eigenvalue weighted by Gasteiger charge is 2.16. The van der Waals surface area contributed by atoms with E-state index >= 15 is 0 Å². The first kappa shape index (κ1) is 13.3. The predicted molar refractivity (Wildman–Crippen MR) is 78.7 cm³/mol. The molecule has 98 valence electrons. The Bertz CT molecular complexity index is 373. The molecule has 1 saturated heterocycles. The summed E-state index contributed by atoms with van der Waals surface area (Å²) in [4.78, 5) is 2.19. The summed E-state index contributed by atoms with van der Waals surface area (Å²) in [5, 5.41) is 0.679. The number of hydrogen-bond acceptors (Lipinski definition) is 2. The molecule has 0 N–H and O–H groups in total. The number of nitrogens with zero attached hydrogens (tertiary/aromatic N) is 1. The summed E-state index contributed by atoms with van der Waals surface area (Å²) < 4.78 is 5.85. The average Bonchev–Trinajstić information content (AvgIpc) is 2.40. The van der Waals surface area contributed by atoms with Crippen molar-refractivity contribution in [3.05, 3.63) is 35.9 Å². The van der Waals surface area contributed by atoms with E-state index < -0.39 is 0 Å². The van der Waals surface area contributed by atoms with Crippen LogP contribution in [0.25, 0.3) is 0 Å². The second kappa shape index (κ2) is 6.74. The smallest absolute Gasteiger partial charge is 0.259 e. The normalized spacial score (nSPS) is 17.3. The van der Waals surface area contributed by atoms with E-state index in [1.54, 1.807) is 0 Å². The first-order chi connectivity index (χ1) is 8.75. The van der Waals surface area contributed by atoms with E-state index in [9.17, 15) is 0 Å². The molecule has 1 fully saturated rings. The first-order valence-electron chi connectivity index (χ1n) is 6.75. The fourth-order valence-corrected chi connectivity index (χ4v) is 2.66. The molecule has 1 aromatic rings. The van der Waals surface area contributed by atoms with Gasteiger partial charge < -0.3 is 9.64 Å². The van der Waals surface area contributed by atoms with Gasteiger partial charge in [0.1, 0.15) is 6.10 Å². The Morgan fingerprint density at radius 2 is 1.89 bits per heavy atom. The Kier molecular flexibility index (Phi) is 5.00. The highest BCUT2D eigenvalue weighted by molar-refractivity contribution is 7.80. The topological polar surface area (TPSA) is 12.5 Å². The van der Waals surface area contributed by atoms with Crippen molar-refractivity contribution in [3.8, 4) is 0 Å². The molecule has 0 spiro atoms. The molecular formula is C15H21NOS. The summed E-state index contributed by atoms with van der Waals surface area (Å²) in [6, 6.07) is 10.4. The minimum atomic E-state index is 0.141. The van der Waals surface area contributed by atoms with Crippen molar-refractivity contribution >= 4 is 17.4 Å². The summed E-state index contributed by atoms with van der Waals surface area (Å²) in [7, 11) is 0. The van der Waals surface area contributed by atoms with Gasteiger partial charge in [-0.2, -0.15) is 0 Å². The van der Waals surface area contributed by atoms with Crippen LogP contribution in [0.2, 0.25) is 0 Å². The van der Waals surface area contributed by atoms with Gasteiger partial charge in [0.25, 0.3) is 5.17 Å². The van der Waals surface area contributed by atoms with Crippen molar-refractivity contribution < 1.29 is 4.74 Å². The van der Waals surface area contributed by atoms with Crippen LogP contribution in [-0.2, 0) is 11.2 Å². The molecule has 0 radical (unpaired) electrons. The lowest BCUT2D eigenvalue weighted by molar-refractivity contribution is 0.163. The van der Waals surface area contributed by atoms with Crippen LogP contribution in [0, 0.1) is 0 Å². The molecule has 0 saturated carbocycles. The standard InChI is InChI=1S/C15H21NOS/c1-13(12-14-8-4-2-5-9-14)17-15(18)16-10-6-3-7-11-16/h2,4-5,8-9,13H,3,6-7,10-12H2,1H3. The third kappa shape index (κ3) is 3.98. The number of piperidine rings is 1. The molecule has 3 heteroatoms. The number of benzene rings is 1. The predicted octanol–water partition coefficient (Wildman–Crippen LogP) is 3.41. The molecule has 1 aromatic carbocycles. The van der Waals surface area contributed by atoms with Crippen LogP contribution in [0.3, 0.4) is 0 Å². The van der Waals surface area contributed by atoms with E-state index in [-0.39, 0.29) is 6.10 Å². The zero-order chi connectivity index (χ0) is 12.8. The molecule has 0 amide bonds. The van der Waals surface area contributed by atoms with Crippen molar-refractivity contribution in [3.63, 3.8) is 0 Å². The Morgan fingerprint density at radius 3 is 2.56 bits per heavy atom. The lowest BCUT2D eigenvalue weighted by atomic mass is 10.1. The highest BCUT2D eigenvalue weighted by atomic mass is 32.1. The zero-order valence-corrected chi connectivity index (χ0v) is 11.8. The molecular weight excluding hydrogens is 242 g/mol. The van der Waals surface area contributed by atoms with Crippen molar-refractivity contribution in [1.82, 2.24) is 4.90 Å². The van der Waals surface area contributed by atoms with Gasteiger partial charge in [-0.1, -0.05) is 30.3 Å². The van der Waals surface area contributed by atoms with E-state index in [0.29, 0.717) is 5.17 Å². The minimum Gasteiger partial charge on any atom is -0.468 e. The fourth-order valence-electron chi connectivity index (χ4n) is 2.31. The average molecular weight is 263 g/mol. The highest BCUT2D eigenvalue weighted by Crippen LogP contribution is 2.12. The maximum Gasteiger partial charge on any atom is 0.259 e. The van der Waals surface area contributed by atoms with Crippen LogP contribution in [-0.4, -0.2) is 29.3 Å². The van der Waals surface area contributed by atoms with Gasteiger partial charge in [-0.3, -0.25) is 0 Å². The third-order valence-electron chi connectivity index (χ3n) is 3.28. The molecule has 18 heavy (non-hydrogen) atoms. The maximum absolute atomic E-state index is 5.85. The Labute approximate surface area is 115 Å². The first-order valence-corrected chi connectivity index (χ1v) is 7.16. The molecule has 1 unspecified atom stereocenters. The van der Waals surface area contributed by atoms with E-state index in [2.05, 4.69) is 36.1 Å². The van der Waals surface area contributed by atoms with E-state index in [4.69, 9.17) is 17.0 Å². The minimum absolute atomic E-state index is 0.141. The Hall–Kier alpha value is -1.09. The van der Waals surface area contributed by atoms with Gasteiger partial charge in [0.2, 0.25) is 0 Å². The maximum atomic E-state index is 5.85. The van der Waals surface area contributed by atoms with Crippen LogP contribution in [0.1, 0.15) is 31.7 Å². The second-order valence-corrected chi connectivity index (χ2v) is 5.28. The number of hydrogen-bond donors (Lipinski definition) is 0. The lowest BCUT2D eigenvalue weighted by Crippen LogP contribution is -2.37. The summed E-state index contributed by atoms with van der Waals surface area (Å²) in [5.74, 6) is 0. The molecule has 1 heterocycles. The molecule has 0 bridgehead atoms. The van der Waals surface area contributed by atoms with Gasteiger partial charge in [-0.25, -0.2) is 0 Å². The fraction of sp³-hybridized carbons (Fsp3) is 0.533. The van der Waals surface area contributed by atoms with Crippen molar-refractivity contribution in [1.29, 1.82) is 0 Å². The van der Waals surface area contributed by atoms with Gasteiger partial charge >= 0.3 is 0 Å². The van der Waals surface area contributed by atoms with Gasteiger partial charge in [0.15, 0.2) is 0 Å². The van der Waals surface area contributed by atoms with Gasteiger partial charge in [-0.15, -0.1) is 0 Å². The van der Waals surface area contributed by atoms with Gasteiger partial charge in [-0.05, 0) is 44.0 Å².